The van der Waals surface area contributed by atoms with Gasteiger partial charge in [-0.15, -0.1) is 0 Å². The zero-order chi connectivity index (χ0) is 29.3. The molecule has 0 spiro atoms. The third-order valence-corrected chi connectivity index (χ3v) is 9.00. The Morgan fingerprint density at radius 3 is 2.23 bits per heavy atom. The second kappa shape index (κ2) is 18.7. The Kier molecular flexibility index (Phi) is 16.5. The summed E-state index contributed by atoms with van der Waals surface area (Å²) in [7, 11) is 0. The molecular formula is C29H45AsN2O7. The van der Waals surface area contributed by atoms with Crippen molar-refractivity contribution in [2.45, 2.75) is 84.1 Å². The number of phenolic OH excluding ortho intramolecular Hbond substituents is 1. The van der Waals surface area contributed by atoms with Crippen LogP contribution in [-0.2, 0) is 13.3 Å². The van der Waals surface area contributed by atoms with Gasteiger partial charge >= 0.3 is 88.1 Å². The summed E-state index contributed by atoms with van der Waals surface area (Å²) in [6.07, 6.45) is 13.8. The molecule has 2 aromatic rings. The van der Waals surface area contributed by atoms with E-state index in [1.54, 1.807) is 0 Å². The maximum Gasteiger partial charge on any atom is 0.290 e. The number of carbonyl (C=O) groups is 2. The second-order valence-corrected chi connectivity index (χ2v) is 13.2. The van der Waals surface area contributed by atoms with E-state index in [9.17, 15) is 13.6 Å². The first-order chi connectivity index (χ1) is 18.5. The predicted octanol–water partition coefficient (Wildman–Crippen LogP) is 4.47. The van der Waals surface area contributed by atoms with Crippen LogP contribution in [0.5, 0.6) is 5.75 Å². The summed E-state index contributed by atoms with van der Waals surface area (Å²) in [4.78, 5) is 19.1. The fourth-order valence-electron chi connectivity index (χ4n) is 4.57. The molecule has 2 atom stereocenters. The molecule has 2 aromatic carbocycles. The van der Waals surface area contributed by atoms with Gasteiger partial charge in [-0.3, -0.25) is 4.79 Å². The standard InChI is InChI=1S/C20H33N.C8H10AsNO5.CH2O2/c1-2-3-4-6-14-19(16-15-17-10-9-11-17)20(21)18-12-7-5-8-13-18;1-5(11)10-7-4-2-3-6(8(7)12)9(13,14)15;2-1-3/h5,7-8,12-13,17,19-20H,2-4,6,9-11,14-16,21H2,1H3;2-4,12H,1H3,(H,10,11)(H2,13,14,15);1H,(H,2,3). The predicted molar refractivity (Wildman–Crippen MR) is 154 cm³/mol. The van der Waals surface area contributed by atoms with Gasteiger partial charge in [-0.2, -0.15) is 0 Å². The summed E-state index contributed by atoms with van der Waals surface area (Å²) in [6.45, 7) is 3.26. The van der Waals surface area contributed by atoms with Crippen molar-refractivity contribution in [3.8, 4) is 5.75 Å². The maximum absolute atomic E-state index is 11.0. The molecule has 1 fully saturated rings. The van der Waals surface area contributed by atoms with Gasteiger partial charge in [0.2, 0.25) is 0 Å². The smallest absolute Gasteiger partial charge is 0.290 e. The Balaban J connectivity index is 0.000000371. The van der Waals surface area contributed by atoms with Gasteiger partial charge in [0.15, 0.2) is 0 Å². The molecule has 0 saturated heterocycles. The fraction of sp³-hybridized carbons (Fsp3) is 0.517. The van der Waals surface area contributed by atoms with E-state index in [4.69, 9.17) is 23.8 Å². The summed E-state index contributed by atoms with van der Waals surface area (Å²) in [6, 6.07) is 14.8. The van der Waals surface area contributed by atoms with Crippen LogP contribution in [0.3, 0.4) is 0 Å². The van der Waals surface area contributed by atoms with E-state index < -0.39 is 30.2 Å². The van der Waals surface area contributed by atoms with Crippen LogP contribution >= 0.6 is 0 Å². The summed E-state index contributed by atoms with van der Waals surface area (Å²) in [5.41, 5.74) is 7.92. The molecule has 0 aliphatic heterocycles. The quantitative estimate of drug-likeness (QED) is 0.0888. The largest absolute Gasteiger partial charge is 0.483 e. The first-order valence-corrected chi connectivity index (χ1v) is 17.0. The number of para-hydroxylation sites is 1. The minimum absolute atomic E-state index is 0.00951. The van der Waals surface area contributed by atoms with E-state index in [-0.39, 0.29) is 18.2 Å². The number of amides is 1. The van der Waals surface area contributed by atoms with Gasteiger partial charge in [-0.1, -0.05) is 88.6 Å². The van der Waals surface area contributed by atoms with Crippen LogP contribution in [0.1, 0.15) is 89.7 Å². The van der Waals surface area contributed by atoms with E-state index >= 15 is 0 Å². The van der Waals surface area contributed by atoms with Gasteiger partial charge in [0.1, 0.15) is 0 Å². The molecule has 39 heavy (non-hydrogen) atoms. The number of nitrogens with two attached hydrogens (primary N) is 1. The number of hydrogen-bond donors (Lipinski definition) is 6. The molecule has 0 heterocycles. The molecule has 7 N–H and O–H groups in total. The average molecular weight is 609 g/mol. The van der Waals surface area contributed by atoms with Crippen molar-refractivity contribution >= 4 is 36.6 Å². The Hall–Kier alpha value is -2.58. The summed E-state index contributed by atoms with van der Waals surface area (Å²) >= 11 is -5.15. The molecule has 1 saturated carbocycles. The van der Waals surface area contributed by atoms with Crippen molar-refractivity contribution < 1.29 is 31.7 Å². The number of rotatable bonds is 12. The number of benzene rings is 2. The first-order valence-electron chi connectivity index (χ1n) is 13.6. The fourth-order valence-corrected chi connectivity index (χ4v) is 5.99. The molecule has 1 amide bonds. The Morgan fingerprint density at radius 1 is 1.08 bits per heavy atom. The zero-order valence-corrected chi connectivity index (χ0v) is 24.9. The number of aromatic hydroxyl groups is 1. The normalized spacial score (nSPS) is 14.4. The van der Waals surface area contributed by atoms with E-state index in [0.29, 0.717) is 5.92 Å². The zero-order valence-electron chi connectivity index (χ0n) is 23.0. The van der Waals surface area contributed by atoms with Gasteiger partial charge in [0, 0.05) is 6.04 Å². The topological polar surface area (TPSA) is 170 Å². The number of phenols is 1. The van der Waals surface area contributed by atoms with Crippen molar-refractivity contribution in [3.05, 3.63) is 54.1 Å². The summed E-state index contributed by atoms with van der Waals surface area (Å²) < 4.78 is 28.4. The number of nitrogens with one attached hydrogen (secondary N) is 1. The number of anilines is 1. The van der Waals surface area contributed by atoms with Crippen LogP contribution in [0.2, 0.25) is 0 Å². The van der Waals surface area contributed by atoms with Gasteiger partial charge < -0.3 is 10.8 Å². The van der Waals surface area contributed by atoms with E-state index in [0.717, 1.165) is 12.0 Å². The van der Waals surface area contributed by atoms with Crippen LogP contribution in [-0.4, -0.2) is 45.0 Å². The third-order valence-electron chi connectivity index (χ3n) is 6.93. The van der Waals surface area contributed by atoms with Crippen LogP contribution < -0.4 is 15.4 Å². The third kappa shape index (κ3) is 13.4. The minimum Gasteiger partial charge on any atom is -0.483 e. The SMILES string of the molecule is CC(=O)Nc1cccc([As](=O)(O)O)c1O.CCCCCCC(CCC1CCC1)C(N)c1ccccc1.O=CO. The molecule has 1 aliphatic carbocycles. The molecule has 9 nitrogen and oxygen atoms in total. The minimum atomic E-state index is -5.15. The van der Waals surface area contributed by atoms with Crippen molar-refractivity contribution in [2.75, 3.05) is 5.32 Å². The molecule has 3 rings (SSSR count). The molecule has 2 unspecified atom stereocenters. The van der Waals surface area contributed by atoms with E-state index in [2.05, 4.69) is 42.6 Å². The Morgan fingerprint density at radius 2 is 1.72 bits per heavy atom. The maximum atomic E-state index is 11.0. The van der Waals surface area contributed by atoms with E-state index in [1.165, 1.54) is 88.8 Å². The summed E-state index contributed by atoms with van der Waals surface area (Å²) in [5.74, 6) is 0.664. The molecular weight excluding hydrogens is 563 g/mol. The number of unbranched alkanes of at least 4 members (excludes halogenated alkanes) is 3. The van der Waals surface area contributed by atoms with Crippen molar-refractivity contribution in [1.29, 1.82) is 0 Å². The molecule has 10 heteroatoms. The number of carbonyl (C=O) groups excluding carboxylic acids is 1. The van der Waals surface area contributed by atoms with Gasteiger partial charge in [-0.05, 0) is 30.2 Å². The van der Waals surface area contributed by atoms with Crippen LogP contribution in [0.15, 0.2) is 48.5 Å². The Labute approximate surface area is 234 Å². The average Bonchev–Trinajstić information content (AvgIpc) is 2.86. The molecule has 0 aromatic heterocycles. The van der Waals surface area contributed by atoms with Crippen LogP contribution in [0, 0.1) is 11.8 Å². The van der Waals surface area contributed by atoms with Gasteiger partial charge in [-0.25, -0.2) is 0 Å². The summed E-state index contributed by atoms with van der Waals surface area (Å²) in [5, 5.41) is 18.6. The molecule has 218 valence electrons. The van der Waals surface area contributed by atoms with E-state index in [1.807, 2.05) is 0 Å². The molecule has 1 aliphatic rings. The monoisotopic (exact) mass is 608 g/mol. The first kappa shape index (κ1) is 34.4. The van der Waals surface area contributed by atoms with Crippen molar-refractivity contribution in [3.63, 3.8) is 0 Å². The molecule has 0 bridgehead atoms. The van der Waals surface area contributed by atoms with Crippen molar-refractivity contribution in [2.24, 2.45) is 17.6 Å². The van der Waals surface area contributed by atoms with Crippen LogP contribution in [0.4, 0.5) is 5.69 Å². The number of hydrogen-bond acceptors (Lipinski definition) is 5. The second-order valence-electron chi connectivity index (χ2n) is 9.92. The molecule has 0 radical (unpaired) electrons. The van der Waals surface area contributed by atoms with Gasteiger partial charge in [0.05, 0.1) is 0 Å². The number of carboxylic acid groups (broad SMARTS) is 1. The van der Waals surface area contributed by atoms with Gasteiger partial charge in [0.25, 0.3) is 6.47 Å². The van der Waals surface area contributed by atoms with Crippen LogP contribution in [0.25, 0.3) is 0 Å². The van der Waals surface area contributed by atoms with Crippen molar-refractivity contribution in [1.82, 2.24) is 0 Å². The Bertz CT molecular complexity index is 1030.